The van der Waals surface area contributed by atoms with Crippen molar-refractivity contribution >= 4 is 51.6 Å². The fourth-order valence-electron chi connectivity index (χ4n) is 1.62. The first kappa shape index (κ1) is 15.2. The lowest BCUT2D eigenvalue weighted by molar-refractivity contribution is -0.115. The predicted molar refractivity (Wildman–Crippen MR) is 94.0 cm³/mol. The number of thioether (sulfide) groups is 1. The van der Waals surface area contributed by atoms with Crippen molar-refractivity contribution < 1.29 is 4.79 Å². The van der Waals surface area contributed by atoms with Crippen LogP contribution in [0.5, 0.6) is 0 Å². The number of amides is 1. The molecule has 0 bridgehead atoms. The van der Waals surface area contributed by atoms with E-state index in [1.807, 2.05) is 55.5 Å². The molecule has 0 aliphatic heterocycles. The van der Waals surface area contributed by atoms with E-state index in [1.165, 1.54) is 11.8 Å². The molecule has 0 aliphatic carbocycles. The summed E-state index contributed by atoms with van der Waals surface area (Å²) in [5.74, 6) is -0.0152. The number of nitrogens with two attached hydrogens (primary N) is 1. The molecule has 20 heavy (non-hydrogen) atoms. The SMILES string of the molecule is CC(Sc1cccc(N)c1)C(=O)Nc1ccc(I)cc1. The zero-order chi connectivity index (χ0) is 14.5. The van der Waals surface area contributed by atoms with Gasteiger partial charge in [-0.25, -0.2) is 0 Å². The fraction of sp³-hybridized carbons (Fsp3) is 0.133. The molecular formula is C15H15IN2OS. The summed E-state index contributed by atoms with van der Waals surface area (Å²) in [5.41, 5.74) is 7.26. The lowest BCUT2D eigenvalue weighted by atomic mass is 10.3. The van der Waals surface area contributed by atoms with E-state index >= 15 is 0 Å². The van der Waals surface area contributed by atoms with Crippen molar-refractivity contribution in [2.45, 2.75) is 17.1 Å². The van der Waals surface area contributed by atoms with E-state index in [9.17, 15) is 4.79 Å². The van der Waals surface area contributed by atoms with Crippen molar-refractivity contribution in [3.8, 4) is 0 Å². The number of rotatable bonds is 4. The normalized spacial score (nSPS) is 11.9. The summed E-state index contributed by atoms with van der Waals surface area (Å²) in [6, 6.07) is 15.3. The molecule has 1 unspecified atom stereocenters. The maximum absolute atomic E-state index is 12.1. The molecular weight excluding hydrogens is 383 g/mol. The van der Waals surface area contributed by atoms with Crippen LogP contribution in [-0.4, -0.2) is 11.2 Å². The van der Waals surface area contributed by atoms with Crippen molar-refractivity contribution in [2.24, 2.45) is 0 Å². The lowest BCUT2D eigenvalue weighted by Crippen LogP contribution is -2.22. The summed E-state index contributed by atoms with van der Waals surface area (Å²) in [7, 11) is 0. The number of carbonyl (C=O) groups is 1. The first-order valence-electron chi connectivity index (χ1n) is 6.13. The van der Waals surface area contributed by atoms with Gasteiger partial charge in [0.25, 0.3) is 0 Å². The largest absolute Gasteiger partial charge is 0.399 e. The van der Waals surface area contributed by atoms with Gasteiger partial charge in [-0.15, -0.1) is 11.8 Å². The van der Waals surface area contributed by atoms with Crippen molar-refractivity contribution in [3.05, 3.63) is 52.1 Å². The molecule has 0 saturated carbocycles. The first-order valence-corrected chi connectivity index (χ1v) is 8.09. The molecule has 0 aliphatic rings. The Morgan fingerprint density at radius 2 is 1.95 bits per heavy atom. The number of hydrogen-bond donors (Lipinski definition) is 2. The Labute approximate surface area is 136 Å². The quantitative estimate of drug-likeness (QED) is 0.465. The minimum absolute atomic E-state index is 0.0152. The second kappa shape index (κ2) is 6.99. The van der Waals surface area contributed by atoms with Crippen LogP contribution in [0.15, 0.2) is 53.4 Å². The molecule has 0 heterocycles. The van der Waals surface area contributed by atoms with E-state index in [1.54, 1.807) is 0 Å². The maximum atomic E-state index is 12.1. The highest BCUT2D eigenvalue weighted by molar-refractivity contribution is 14.1. The van der Waals surface area contributed by atoms with E-state index in [0.29, 0.717) is 5.69 Å². The van der Waals surface area contributed by atoms with Gasteiger partial charge < -0.3 is 11.1 Å². The Morgan fingerprint density at radius 1 is 1.25 bits per heavy atom. The number of benzene rings is 2. The van der Waals surface area contributed by atoms with E-state index in [2.05, 4.69) is 27.9 Å². The third-order valence-corrected chi connectivity index (χ3v) is 4.46. The zero-order valence-corrected chi connectivity index (χ0v) is 13.9. The van der Waals surface area contributed by atoms with Gasteiger partial charge in [-0.1, -0.05) is 6.07 Å². The number of halogens is 1. The summed E-state index contributed by atoms with van der Waals surface area (Å²) in [6.07, 6.45) is 0. The van der Waals surface area contributed by atoms with Gasteiger partial charge in [0.15, 0.2) is 0 Å². The van der Waals surface area contributed by atoms with E-state index in [0.717, 1.165) is 14.2 Å². The van der Waals surface area contributed by atoms with Crippen molar-refractivity contribution in [3.63, 3.8) is 0 Å². The molecule has 0 fully saturated rings. The highest BCUT2D eigenvalue weighted by Crippen LogP contribution is 2.25. The molecule has 0 spiro atoms. The van der Waals surface area contributed by atoms with Gasteiger partial charge in [0.2, 0.25) is 5.91 Å². The highest BCUT2D eigenvalue weighted by atomic mass is 127. The van der Waals surface area contributed by atoms with Crippen LogP contribution in [0.2, 0.25) is 0 Å². The minimum Gasteiger partial charge on any atom is -0.399 e. The molecule has 3 nitrogen and oxygen atoms in total. The van der Waals surface area contributed by atoms with Crippen molar-refractivity contribution in [1.29, 1.82) is 0 Å². The Kier molecular flexibility index (Phi) is 5.31. The zero-order valence-electron chi connectivity index (χ0n) is 11.0. The van der Waals surface area contributed by atoms with Gasteiger partial charge in [-0.05, 0) is 72.0 Å². The van der Waals surface area contributed by atoms with Gasteiger partial charge in [-0.3, -0.25) is 4.79 Å². The second-order valence-electron chi connectivity index (χ2n) is 4.33. The lowest BCUT2D eigenvalue weighted by Gasteiger charge is -2.12. The Morgan fingerprint density at radius 3 is 2.60 bits per heavy atom. The molecule has 1 atom stereocenters. The molecule has 2 aromatic carbocycles. The molecule has 0 aromatic heterocycles. The monoisotopic (exact) mass is 398 g/mol. The summed E-state index contributed by atoms with van der Waals surface area (Å²) < 4.78 is 1.14. The minimum atomic E-state index is -0.184. The Bertz CT molecular complexity index is 601. The molecule has 5 heteroatoms. The predicted octanol–water partition coefficient (Wildman–Crippen LogP) is 3.99. The summed E-state index contributed by atoms with van der Waals surface area (Å²) in [6.45, 7) is 1.88. The molecule has 2 aromatic rings. The van der Waals surface area contributed by atoms with Crippen LogP contribution in [0.4, 0.5) is 11.4 Å². The van der Waals surface area contributed by atoms with E-state index < -0.39 is 0 Å². The number of hydrogen-bond acceptors (Lipinski definition) is 3. The van der Waals surface area contributed by atoms with Crippen LogP contribution < -0.4 is 11.1 Å². The van der Waals surface area contributed by atoms with Crippen LogP contribution in [0.1, 0.15) is 6.92 Å². The fourth-order valence-corrected chi connectivity index (χ4v) is 2.92. The number of nitrogens with one attached hydrogen (secondary N) is 1. The van der Waals surface area contributed by atoms with Crippen LogP contribution in [0.3, 0.4) is 0 Å². The molecule has 3 N–H and O–H groups in total. The Hall–Kier alpha value is -1.21. The highest BCUT2D eigenvalue weighted by Gasteiger charge is 2.14. The number of anilines is 2. The first-order chi connectivity index (χ1) is 9.54. The molecule has 0 saturated heterocycles. The van der Waals surface area contributed by atoms with Crippen LogP contribution in [0.25, 0.3) is 0 Å². The maximum Gasteiger partial charge on any atom is 0.237 e. The third-order valence-electron chi connectivity index (χ3n) is 2.65. The van der Waals surface area contributed by atoms with Gasteiger partial charge in [0.05, 0.1) is 5.25 Å². The third kappa shape index (κ3) is 4.42. The average Bonchev–Trinajstić information content (AvgIpc) is 2.41. The van der Waals surface area contributed by atoms with Gasteiger partial charge in [-0.2, -0.15) is 0 Å². The molecule has 2 rings (SSSR count). The number of carbonyl (C=O) groups excluding carboxylic acids is 1. The standard InChI is InChI=1S/C15H15IN2OS/c1-10(20-14-4-2-3-12(17)9-14)15(19)18-13-7-5-11(16)6-8-13/h2-10H,17H2,1H3,(H,18,19). The van der Waals surface area contributed by atoms with Crippen LogP contribution in [0, 0.1) is 3.57 Å². The van der Waals surface area contributed by atoms with Crippen LogP contribution >= 0.6 is 34.4 Å². The van der Waals surface area contributed by atoms with Gasteiger partial charge in [0.1, 0.15) is 0 Å². The summed E-state index contributed by atoms with van der Waals surface area (Å²) in [5, 5.41) is 2.73. The van der Waals surface area contributed by atoms with Crippen LogP contribution in [-0.2, 0) is 4.79 Å². The average molecular weight is 398 g/mol. The van der Waals surface area contributed by atoms with Crippen molar-refractivity contribution in [1.82, 2.24) is 0 Å². The smallest absolute Gasteiger partial charge is 0.237 e. The molecule has 1 amide bonds. The topological polar surface area (TPSA) is 55.1 Å². The van der Waals surface area contributed by atoms with Gasteiger partial charge >= 0.3 is 0 Å². The van der Waals surface area contributed by atoms with Gasteiger partial charge in [0, 0.05) is 19.8 Å². The van der Waals surface area contributed by atoms with Crippen molar-refractivity contribution in [2.75, 3.05) is 11.1 Å². The Balaban J connectivity index is 1.96. The molecule has 104 valence electrons. The second-order valence-corrected chi connectivity index (χ2v) is 6.99. The summed E-state index contributed by atoms with van der Waals surface area (Å²) >= 11 is 3.73. The van der Waals surface area contributed by atoms with E-state index in [4.69, 9.17) is 5.73 Å². The summed E-state index contributed by atoms with van der Waals surface area (Å²) in [4.78, 5) is 13.1. The number of nitrogen functional groups attached to an aromatic ring is 1. The molecule has 0 radical (unpaired) electrons. The van der Waals surface area contributed by atoms with E-state index in [-0.39, 0.29) is 11.2 Å².